The monoisotopic (exact) mass is 344 g/mol. The first kappa shape index (κ1) is 15.2. The molecule has 1 saturated carbocycles. The summed E-state index contributed by atoms with van der Waals surface area (Å²) < 4.78 is 0.846. The normalized spacial score (nSPS) is 18.4. The van der Waals surface area contributed by atoms with Gasteiger partial charge in [-0.3, -0.25) is 0 Å². The molecule has 1 aliphatic rings. The molecule has 0 unspecified atom stereocenters. The van der Waals surface area contributed by atoms with E-state index in [1.165, 1.54) is 38.5 Å². The van der Waals surface area contributed by atoms with E-state index in [0.717, 1.165) is 16.0 Å². The molecule has 0 aromatic carbocycles. The van der Waals surface area contributed by atoms with Crippen LogP contribution in [0.15, 0.2) is 4.47 Å². The molecule has 4 heteroatoms. The minimum absolute atomic E-state index is 0.0229. The quantitative estimate of drug-likeness (QED) is 0.487. The lowest BCUT2D eigenvalue weighted by atomic mass is 9.91. The minimum atomic E-state index is -0.0229. The van der Waals surface area contributed by atoms with Gasteiger partial charge in [0.05, 0.1) is 10.2 Å². The largest absolute Gasteiger partial charge is 0.236 e. The molecule has 2 rings (SSSR count). The molecule has 106 valence electrons. The van der Waals surface area contributed by atoms with E-state index in [9.17, 15) is 0 Å². The topological polar surface area (TPSA) is 25.8 Å². The first-order valence-electron chi connectivity index (χ1n) is 7.13. The van der Waals surface area contributed by atoms with Crippen molar-refractivity contribution in [3.63, 3.8) is 0 Å². The molecule has 0 spiro atoms. The van der Waals surface area contributed by atoms with E-state index in [1.807, 2.05) is 0 Å². The van der Waals surface area contributed by atoms with Crippen molar-refractivity contribution in [3.8, 4) is 0 Å². The van der Waals surface area contributed by atoms with Gasteiger partial charge in [-0.2, -0.15) is 0 Å². The fraction of sp³-hybridized carbons (Fsp3) is 0.733. The van der Waals surface area contributed by atoms with Gasteiger partial charge in [0.25, 0.3) is 0 Å². The molecule has 19 heavy (non-hydrogen) atoms. The Kier molecular flexibility index (Phi) is 4.88. The highest BCUT2D eigenvalue weighted by molar-refractivity contribution is 9.10. The summed E-state index contributed by atoms with van der Waals surface area (Å²) in [7, 11) is 0. The van der Waals surface area contributed by atoms with Crippen molar-refractivity contribution in [1.29, 1.82) is 0 Å². The van der Waals surface area contributed by atoms with Gasteiger partial charge >= 0.3 is 0 Å². The highest BCUT2D eigenvalue weighted by Crippen LogP contribution is 2.36. The van der Waals surface area contributed by atoms with Crippen LogP contribution in [-0.4, -0.2) is 9.97 Å². The number of halogens is 2. The lowest BCUT2D eigenvalue weighted by molar-refractivity contribution is 0.524. The van der Waals surface area contributed by atoms with E-state index in [4.69, 9.17) is 16.6 Å². The average Bonchev–Trinajstić information content (AvgIpc) is 2.59. The van der Waals surface area contributed by atoms with Crippen LogP contribution in [0.25, 0.3) is 0 Å². The van der Waals surface area contributed by atoms with E-state index in [-0.39, 0.29) is 5.41 Å². The predicted molar refractivity (Wildman–Crippen MR) is 83.9 cm³/mol. The number of nitrogens with zero attached hydrogens (tertiary/aromatic N) is 2. The summed E-state index contributed by atoms with van der Waals surface area (Å²) in [5.74, 6) is 1.43. The van der Waals surface area contributed by atoms with Crippen LogP contribution >= 0.6 is 27.5 Å². The number of hydrogen-bond donors (Lipinski definition) is 0. The maximum atomic E-state index is 6.29. The summed E-state index contributed by atoms with van der Waals surface area (Å²) >= 11 is 9.82. The van der Waals surface area contributed by atoms with E-state index in [1.54, 1.807) is 0 Å². The van der Waals surface area contributed by atoms with E-state index in [0.29, 0.717) is 11.1 Å². The second kappa shape index (κ2) is 6.09. The van der Waals surface area contributed by atoms with Gasteiger partial charge in [0, 0.05) is 11.3 Å². The zero-order valence-electron chi connectivity index (χ0n) is 12.0. The Balaban J connectivity index is 2.38. The van der Waals surface area contributed by atoms with E-state index >= 15 is 0 Å². The standard InChI is InChI=1S/C15H22BrClN2/c1-15(2,3)12-11(16)13(17)19-14(18-12)10-8-6-4-5-7-9-10/h10H,4-9H2,1-3H3. The van der Waals surface area contributed by atoms with Crippen LogP contribution in [0.1, 0.15) is 76.7 Å². The Morgan fingerprint density at radius 2 is 1.63 bits per heavy atom. The Morgan fingerprint density at radius 3 is 2.16 bits per heavy atom. The molecule has 0 saturated heterocycles. The molecule has 1 heterocycles. The third-order valence-electron chi connectivity index (χ3n) is 3.76. The van der Waals surface area contributed by atoms with Crippen molar-refractivity contribution in [1.82, 2.24) is 9.97 Å². The lowest BCUT2D eigenvalue weighted by Gasteiger charge is -2.22. The number of hydrogen-bond acceptors (Lipinski definition) is 2. The molecular formula is C15H22BrClN2. The van der Waals surface area contributed by atoms with Crippen molar-refractivity contribution < 1.29 is 0 Å². The van der Waals surface area contributed by atoms with Gasteiger partial charge < -0.3 is 0 Å². The van der Waals surface area contributed by atoms with Crippen LogP contribution in [0.4, 0.5) is 0 Å². The predicted octanol–water partition coefficient (Wildman–Crippen LogP) is 5.63. The molecule has 0 bridgehead atoms. The van der Waals surface area contributed by atoms with Gasteiger partial charge in [0.1, 0.15) is 11.0 Å². The molecule has 1 aromatic heterocycles. The van der Waals surface area contributed by atoms with Crippen molar-refractivity contribution in [2.45, 2.75) is 70.6 Å². The molecule has 0 radical (unpaired) electrons. The fourth-order valence-corrected chi connectivity index (χ4v) is 3.60. The lowest BCUT2D eigenvalue weighted by Crippen LogP contribution is -2.18. The zero-order chi connectivity index (χ0) is 14.0. The zero-order valence-corrected chi connectivity index (χ0v) is 14.3. The summed E-state index contributed by atoms with van der Waals surface area (Å²) in [6.07, 6.45) is 7.64. The molecule has 1 fully saturated rings. The minimum Gasteiger partial charge on any atom is -0.236 e. The highest BCUT2D eigenvalue weighted by Gasteiger charge is 2.25. The van der Waals surface area contributed by atoms with Crippen molar-refractivity contribution in [2.75, 3.05) is 0 Å². The molecule has 0 amide bonds. The average molecular weight is 346 g/mol. The van der Waals surface area contributed by atoms with Gasteiger partial charge in [-0.15, -0.1) is 0 Å². The third-order valence-corrected chi connectivity index (χ3v) is 5.01. The summed E-state index contributed by atoms with van der Waals surface area (Å²) in [6.45, 7) is 6.48. The van der Waals surface area contributed by atoms with E-state index in [2.05, 4.69) is 41.7 Å². The Labute approximate surface area is 129 Å². The first-order valence-corrected chi connectivity index (χ1v) is 8.30. The van der Waals surface area contributed by atoms with Gasteiger partial charge in [-0.1, -0.05) is 58.1 Å². The molecule has 2 nitrogen and oxygen atoms in total. The fourth-order valence-electron chi connectivity index (χ4n) is 2.65. The Morgan fingerprint density at radius 1 is 1.05 bits per heavy atom. The number of rotatable bonds is 1. The summed E-state index contributed by atoms with van der Waals surface area (Å²) in [4.78, 5) is 9.35. The van der Waals surface area contributed by atoms with Crippen LogP contribution in [0.5, 0.6) is 0 Å². The maximum absolute atomic E-state index is 6.29. The molecular weight excluding hydrogens is 324 g/mol. The van der Waals surface area contributed by atoms with Crippen LogP contribution in [0.2, 0.25) is 5.15 Å². The summed E-state index contributed by atoms with van der Waals surface area (Å²) in [6, 6.07) is 0. The molecule has 1 aromatic rings. The second-order valence-corrected chi connectivity index (χ2v) is 7.62. The van der Waals surface area contributed by atoms with Gasteiger partial charge in [-0.25, -0.2) is 9.97 Å². The third kappa shape index (κ3) is 3.69. The Bertz CT molecular complexity index is 446. The molecule has 1 aliphatic carbocycles. The van der Waals surface area contributed by atoms with Crippen LogP contribution in [0, 0.1) is 0 Å². The smallest absolute Gasteiger partial charge is 0.147 e. The maximum Gasteiger partial charge on any atom is 0.147 e. The first-order chi connectivity index (χ1) is 8.89. The van der Waals surface area contributed by atoms with Gasteiger partial charge in [-0.05, 0) is 28.8 Å². The number of aromatic nitrogens is 2. The molecule has 0 aliphatic heterocycles. The molecule has 0 N–H and O–H groups in total. The second-order valence-electron chi connectivity index (χ2n) is 6.47. The SMILES string of the molecule is CC(C)(C)c1nc(C2CCCCCC2)nc(Cl)c1Br. The summed E-state index contributed by atoms with van der Waals surface area (Å²) in [5, 5.41) is 0.555. The van der Waals surface area contributed by atoms with Crippen LogP contribution in [-0.2, 0) is 5.41 Å². The summed E-state index contributed by atoms with van der Waals surface area (Å²) in [5.41, 5.74) is 0.997. The van der Waals surface area contributed by atoms with Crippen molar-refractivity contribution in [3.05, 3.63) is 21.1 Å². The van der Waals surface area contributed by atoms with Gasteiger partial charge in [0.2, 0.25) is 0 Å². The Hall–Kier alpha value is -0.150. The highest BCUT2D eigenvalue weighted by atomic mass is 79.9. The van der Waals surface area contributed by atoms with Gasteiger partial charge in [0.15, 0.2) is 0 Å². The van der Waals surface area contributed by atoms with Crippen LogP contribution in [0.3, 0.4) is 0 Å². The van der Waals surface area contributed by atoms with E-state index < -0.39 is 0 Å². The van der Waals surface area contributed by atoms with Crippen molar-refractivity contribution in [2.24, 2.45) is 0 Å². The van der Waals surface area contributed by atoms with Crippen LogP contribution < -0.4 is 0 Å². The molecule has 0 atom stereocenters. The van der Waals surface area contributed by atoms with Crippen molar-refractivity contribution >= 4 is 27.5 Å².